The highest BCUT2D eigenvalue weighted by Crippen LogP contribution is 2.13. The van der Waals surface area contributed by atoms with Gasteiger partial charge in [-0.15, -0.1) is 0 Å². The van der Waals surface area contributed by atoms with Gasteiger partial charge in [-0.25, -0.2) is 0 Å². The molecule has 2 unspecified atom stereocenters. The van der Waals surface area contributed by atoms with Crippen molar-refractivity contribution >= 4 is 5.91 Å². The van der Waals surface area contributed by atoms with Crippen molar-refractivity contribution in [3.63, 3.8) is 0 Å². The number of nitrogens with one attached hydrogen (secondary N) is 1. The summed E-state index contributed by atoms with van der Waals surface area (Å²) in [5, 5.41) is 3.02. The van der Waals surface area contributed by atoms with Crippen molar-refractivity contribution in [3.8, 4) is 0 Å². The Morgan fingerprint density at radius 3 is 2.29 bits per heavy atom. The molecule has 0 saturated carbocycles. The second-order valence-electron chi connectivity index (χ2n) is 4.28. The maximum absolute atomic E-state index is 10.9. The molecule has 2 nitrogen and oxygen atoms in total. The summed E-state index contributed by atoms with van der Waals surface area (Å²) in [5.41, 5.74) is 0. The summed E-state index contributed by atoms with van der Waals surface area (Å²) in [6.45, 7) is 8.26. The molecule has 2 heteroatoms. The first-order chi connectivity index (χ1) is 6.60. The molecule has 0 heterocycles. The molecule has 0 aromatic carbocycles. The first-order valence-electron chi connectivity index (χ1n) is 5.87. The fraction of sp³-hybridized carbons (Fsp3) is 0.917. The van der Waals surface area contributed by atoms with E-state index in [1.807, 2.05) is 0 Å². The van der Waals surface area contributed by atoms with Gasteiger partial charge < -0.3 is 5.32 Å². The summed E-state index contributed by atoms with van der Waals surface area (Å²) in [5.74, 6) is 0.885. The molecule has 0 rings (SSSR count). The lowest BCUT2D eigenvalue weighted by molar-refractivity contribution is -0.119. The van der Waals surface area contributed by atoms with Gasteiger partial charge in [-0.2, -0.15) is 0 Å². The van der Waals surface area contributed by atoms with E-state index in [1.54, 1.807) is 6.92 Å². The van der Waals surface area contributed by atoms with E-state index in [2.05, 4.69) is 26.1 Å². The number of amides is 1. The summed E-state index contributed by atoms with van der Waals surface area (Å²) < 4.78 is 0. The molecule has 0 bridgehead atoms. The van der Waals surface area contributed by atoms with Crippen molar-refractivity contribution < 1.29 is 4.79 Å². The van der Waals surface area contributed by atoms with Crippen molar-refractivity contribution in [2.75, 3.05) is 0 Å². The third kappa shape index (κ3) is 6.93. The summed E-state index contributed by atoms with van der Waals surface area (Å²) in [7, 11) is 0. The topological polar surface area (TPSA) is 29.1 Å². The quantitative estimate of drug-likeness (QED) is 0.670. The largest absolute Gasteiger partial charge is 0.354 e. The SMILES string of the molecule is CCCC(CCC(C)CC)NC(C)=O. The Bertz CT molecular complexity index is 156. The second-order valence-corrected chi connectivity index (χ2v) is 4.28. The van der Waals surface area contributed by atoms with Crippen molar-refractivity contribution in [1.29, 1.82) is 0 Å². The maximum Gasteiger partial charge on any atom is 0.217 e. The van der Waals surface area contributed by atoms with Crippen molar-refractivity contribution in [3.05, 3.63) is 0 Å². The molecular formula is C12H25NO. The summed E-state index contributed by atoms with van der Waals surface area (Å²) in [4.78, 5) is 10.9. The van der Waals surface area contributed by atoms with E-state index in [1.165, 1.54) is 12.8 Å². The van der Waals surface area contributed by atoms with Gasteiger partial charge in [0, 0.05) is 13.0 Å². The van der Waals surface area contributed by atoms with E-state index in [0.717, 1.165) is 25.2 Å². The van der Waals surface area contributed by atoms with E-state index >= 15 is 0 Å². The van der Waals surface area contributed by atoms with E-state index in [-0.39, 0.29) is 5.91 Å². The normalized spacial score (nSPS) is 14.9. The third-order valence-electron chi connectivity index (χ3n) is 2.75. The zero-order chi connectivity index (χ0) is 11.0. The van der Waals surface area contributed by atoms with Crippen LogP contribution >= 0.6 is 0 Å². The Labute approximate surface area is 88.5 Å². The minimum absolute atomic E-state index is 0.104. The first-order valence-corrected chi connectivity index (χ1v) is 5.87. The van der Waals surface area contributed by atoms with Gasteiger partial charge in [-0.1, -0.05) is 33.6 Å². The monoisotopic (exact) mass is 199 g/mol. The summed E-state index contributed by atoms with van der Waals surface area (Å²) in [6.07, 6.45) is 5.84. The zero-order valence-corrected chi connectivity index (χ0v) is 10.1. The molecule has 0 spiro atoms. The van der Waals surface area contributed by atoms with Gasteiger partial charge in [0.15, 0.2) is 0 Å². The lowest BCUT2D eigenvalue weighted by Gasteiger charge is -2.18. The van der Waals surface area contributed by atoms with Crippen LogP contribution in [0.1, 0.15) is 59.8 Å². The van der Waals surface area contributed by atoms with Gasteiger partial charge >= 0.3 is 0 Å². The minimum Gasteiger partial charge on any atom is -0.354 e. The molecule has 1 N–H and O–H groups in total. The van der Waals surface area contributed by atoms with Gasteiger partial charge in [0.05, 0.1) is 0 Å². The highest BCUT2D eigenvalue weighted by molar-refractivity contribution is 5.73. The molecule has 0 aromatic heterocycles. The Kier molecular flexibility index (Phi) is 7.54. The highest BCUT2D eigenvalue weighted by atomic mass is 16.1. The lowest BCUT2D eigenvalue weighted by atomic mass is 9.97. The average molecular weight is 199 g/mol. The van der Waals surface area contributed by atoms with Crippen molar-refractivity contribution in [2.24, 2.45) is 5.92 Å². The fourth-order valence-electron chi connectivity index (χ4n) is 1.61. The molecule has 14 heavy (non-hydrogen) atoms. The number of carbonyl (C=O) groups is 1. The minimum atomic E-state index is 0.104. The third-order valence-corrected chi connectivity index (χ3v) is 2.75. The predicted molar refractivity (Wildman–Crippen MR) is 61.2 cm³/mol. The van der Waals surface area contributed by atoms with Gasteiger partial charge in [-0.3, -0.25) is 4.79 Å². The van der Waals surface area contributed by atoms with E-state index in [4.69, 9.17) is 0 Å². The molecule has 0 aromatic rings. The van der Waals surface area contributed by atoms with Crippen LogP contribution in [0.15, 0.2) is 0 Å². The molecular weight excluding hydrogens is 174 g/mol. The smallest absolute Gasteiger partial charge is 0.217 e. The van der Waals surface area contributed by atoms with Gasteiger partial charge in [0.1, 0.15) is 0 Å². The molecule has 0 saturated heterocycles. The van der Waals surface area contributed by atoms with Gasteiger partial charge in [-0.05, 0) is 25.2 Å². The van der Waals surface area contributed by atoms with E-state index in [9.17, 15) is 4.79 Å². The van der Waals surface area contributed by atoms with Crippen molar-refractivity contribution in [1.82, 2.24) is 5.32 Å². The van der Waals surface area contributed by atoms with Crippen LogP contribution in [-0.4, -0.2) is 11.9 Å². The Hall–Kier alpha value is -0.530. The summed E-state index contributed by atoms with van der Waals surface area (Å²) in [6, 6.07) is 0.395. The Morgan fingerprint density at radius 1 is 1.21 bits per heavy atom. The van der Waals surface area contributed by atoms with Crippen LogP contribution in [0.5, 0.6) is 0 Å². The maximum atomic E-state index is 10.9. The number of hydrogen-bond acceptors (Lipinski definition) is 1. The molecule has 1 amide bonds. The Balaban J connectivity index is 3.77. The van der Waals surface area contributed by atoms with E-state index in [0.29, 0.717) is 6.04 Å². The van der Waals surface area contributed by atoms with Crippen LogP contribution in [0, 0.1) is 5.92 Å². The van der Waals surface area contributed by atoms with Crippen molar-refractivity contribution in [2.45, 2.75) is 65.8 Å². The summed E-state index contributed by atoms with van der Waals surface area (Å²) >= 11 is 0. The van der Waals surface area contributed by atoms with Gasteiger partial charge in [0.2, 0.25) is 5.91 Å². The van der Waals surface area contributed by atoms with Crippen LogP contribution < -0.4 is 5.32 Å². The Morgan fingerprint density at radius 2 is 1.86 bits per heavy atom. The van der Waals surface area contributed by atoms with Crippen LogP contribution in [0.3, 0.4) is 0 Å². The number of rotatable bonds is 7. The number of carbonyl (C=O) groups excluding carboxylic acids is 1. The molecule has 0 radical (unpaired) electrons. The first kappa shape index (κ1) is 13.5. The molecule has 0 aliphatic rings. The van der Waals surface area contributed by atoms with Gasteiger partial charge in [0.25, 0.3) is 0 Å². The standard InChI is InChI=1S/C12H25NO/c1-5-7-12(13-11(4)14)9-8-10(3)6-2/h10,12H,5-9H2,1-4H3,(H,13,14). The zero-order valence-electron chi connectivity index (χ0n) is 10.1. The van der Waals surface area contributed by atoms with Crippen LogP contribution in [-0.2, 0) is 4.79 Å². The molecule has 0 aliphatic carbocycles. The van der Waals surface area contributed by atoms with Crippen LogP contribution in [0.2, 0.25) is 0 Å². The number of hydrogen-bond donors (Lipinski definition) is 1. The lowest BCUT2D eigenvalue weighted by Crippen LogP contribution is -2.33. The van der Waals surface area contributed by atoms with E-state index < -0.39 is 0 Å². The molecule has 84 valence electrons. The molecule has 0 aliphatic heterocycles. The average Bonchev–Trinajstić information content (AvgIpc) is 2.13. The fourth-order valence-corrected chi connectivity index (χ4v) is 1.61. The second kappa shape index (κ2) is 7.84. The van der Waals surface area contributed by atoms with Crippen LogP contribution in [0.25, 0.3) is 0 Å². The highest BCUT2D eigenvalue weighted by Gasteiger charge is 2.10. The predicted octanol–water partition coefficient (Wildman–Crippen LogP) is 3.12. The molecule has 0 fully saturated rings. The molecule has 2 atom stereocenters. The van der Waals surface area contributed by atoms with Crippen LogP contribution in [0.4, 0.5) is 0 Å².